The number of hydrogen-bond acceptors (Lipinski definition) is 2. The molecule has 1 aliphatic rings. The minimum absolute atomic E-state index is 0.119. The van der Waals surface area contributed by atoms with Crippen molar-refractivity contribution in [2.45, 2.75) is 45.6 Å². The Morgan fingerprint density at radius 1 is 1.46 bits per heavy atom. The van der Waals surface area contributed by atoms with Gasteiger partial charge in [-0.05, 0) is 24.2 Å². The highest BCUT2D eigenvalue weighted by molar-refractivity contribution is 5.67. The van der Waals surface area contributed by atoms with Crippen molar-refractivity contribution in [2.24, 2.45) is 11.3 Å². The van der Waals surface area contributed by atoms with Gasteiger partial charge in [-0.1, -0.05) is 20.3 Å². The Bertz CT molecular complexity index is 198. The lowest BCUT2D eigenvalue weighted by molar-refractivity contribution is -0.141. The summed E-state index contributed by atoms with van der Waals surface area (Å²) in [5.41, 5.74) is -0.239. The van der Waals surface area contributed by atoms with Gasteiger partial charge in [0, 0.05) is 6.42 Å². The molecule has 2 atom stereocenters. The van der Waals surface area contributed by atoms with E-state index in [1.54, 1.807) is 0 Å². The normalized spacial score (nSPS) is 32.8. The zero-order valence-electron chi connectivity index (χ0n) is 8.29. The summed E-state index contributed by atoms with van der Waals surface area (Å²) in [4.78, 5) is 10.6. The van der Waals surface area contributed by atoms with Crippen molar-refractivity contribution < 1.29 is 15.0 Å². The monoisotopic (exact) mass is 186 g/mol. The molecule has 3 heteroatoms. The Balaban J connectivity index is 2.66. The minimum Gasteiger partial charge on any atom is -0.481 e. The number of carbonyl (C=O) groups is 1. The van der Waals surface area contributed by atoms with E-state index in [1.165, 1.54) is 0 Å². The van der Waals surface area contributed by atoms with E-state index < -0.39 is 5.97 Å². The molecule has 3 nitrogen and oxygen atoms in total. The molecule has 0 bridgehead atoms. The molecule has 76 valence electrons. The molecule has 0 spiro atoms. The number of aliphatic hydroxyl groups excluding tert-OH is 1. The molecule has 0 amide bonds. The second kappa shape index (κ2) is 3.66. The first-order valence-corrected chi connectivity index (χ1v) is 4.84. The summed E-state index contributed by atoms with van der Waals surface area (Å²) in [6.45, 7) is 3.93. The van der Waals surface area contributed by atoms with Crippen LogP contribution < -0.4 is 0 Å². The molecule has 2 N–H and O–H groups in total. The summed E-state index contributed by atoms with van der Waals surface area (Å²) in [6, 6.07) is 0. The van der Waals surface area contributed by atoms with Gasteiger partial charge in [-0.2, -0.15) is 0 Å². The second-order valence-electron chi connectivity index (χ2n) is 4.56. The van der Waals surface area contributed by atoms with Gasteiger partial charge in [-0.3, -0.25) is 4.79 Å². The Labute approximate surface area is 78.8 Å². The molecular formula is C10H18O3. The van der Waals surface area contributed by atoms with E-state index in [4.69, 9.17) is 5.11 Å². The van der Waals surface area contributed by atoms with Crippen LogP contribution in [-0.2, 0) is 4.79 Å². The fraction of sp³-hybridized carbons (Fsp3) is 0.900. The number of rotatable bonds is 2. The van der Waals surface area contributed by atoms with Gasteiger partial charge in [0.05, 0.1) is 6.10 Å². The summed E-state index contributed by atoms with van der Waals surface area (Å²) >= 11 is 0. The molecule has 0 aromatic heterocycles. The largest absolute Gasteiger partial charge is 0.481 e. The summed E-state index contributed by atoms with van der Waals surface area (Å²) in [7, 11) is 0. The van der Waals surface area contributed by atoms with Crippen molar-refractivity contribution >= 4 is 5.97 Å². The number of aliphatic carboxylic acids is 1. The standard InChI is InChI=1S/C10H18O3/c1-10(2)7(6-9(12)13)4-3-5-8(10)11/h7-8,11H,3-6H2,1-2H3,(H,12,13)/t7-,8-/m1/s1. The van der Waals surface area contributed by atoms with Crippen molar-refractivity contribution in [1.29, 1.82) is 0 Å². The fourth-order valence-electron chi connectivity index (χ4n) is 2.15. The van der Waals surface area contributed by atoms with Gasteiger partial charge in [-0.25, -0.2) is 0 Å². The first kappa shape index (κ1) is 10.5. The van der Waals surface area contributed by atoms with E-state index in [9.17, 15) is 9.90 Å². The van der Waals surface area contributed by atoms with Crippen molar-refractivity contribution in [3.05, 3.63) is 0 Å². The Morgan fingerprint density at radius 2 is 2.08 bits per heavy atom. The molecule has 0 radical (unpaired) electrons. The van der Waals surface area contributed by atoms with Crippen LogP contribution in [0.4, 0.5) is 0 Å². The molecule has 0 heterocycles. The SMILES string of the molecule is CC1(C)[C@@H](CC(=O)O)CCC[C@H]1O. The number of carboxylic acid groups (broad SMARTS) is 1. The molecular weight excluding hydrogens is 168 g/mol. The summed E-state index contributed by atoms with van der Waals surface area (Å²) < 4.78 is 0. The van der Waals surface area contributed by atoms with Gasteiger partial charge in [0.25, 0.3) is 0 Å². The van der Waals surface area contributed by atoms with Crippen LogP contribution in [0.15, 0.2) is 0 Å². The molecule has 13 heavy (non-hydrogen) atoms. The molecule has 0 saturated heterocycles. The number of carboxylic acids is 1. The lowest BCUT2D eigenvalue weighted by Crippen LogP contribution is -2.41. The van der Waals surface area contributed by atoms with Gasteiger partial charge >= 0.3 is 5.97 Å². The van der Waals surface area contributed by atoms with E-state index in [1.807, 2.05) is 13.8 Å². The smallest absolute Gasteiger partial charge is 0.303 e. The first-order valence-electron chi connectivity index (χ1n) is 4.84. The third-order valence-electron chi connectivity index (χ3n) is 3.36. The quantitative estimate of drug-likeness (QED) is 0.689. The van der Waals surface area contributed by atoms with Crippen LogP contribution in [0.3, 0.4) is 0 Å². The van der Waals surface area contributed by atoms with Crippen molar-refractivity contribution in [1.82, 2.24) is 0 Å². The Morgan fingerprint density at radius 3 is 2.62 bits per heavy atom. The highest BCUT2D eigenvalue weighted by Gasteiger charge is 2.39. The summed E-state index contributed by atoms with van der Waals surface area (Å²) in [5, 5.41) is 18.4. The first-order chi connectivity index (χ1) is 5.94. The van der Waals surface area contributed by atoms with E-state index in [2.05, 4.69) is 0 Å². The van der Waals surface area contributed by atoms with Gasteiger partial charge in [-0.15, -0.1) is 0 Å². The van der Waals surface area contributed by atoms with Gasteiger partial charge in [0.2, 0.25) is 0 Å². The maximum absolute atomic E-state index is 10.6. The number of aliphatic hydroxyl groups is 1. The maximum atomic E-state index is 10.6. The van der Waals surface area contributed by atoms with Crippen LogP contribution in [0, 0.1) is 11.3 Å². The Kier molecular flexibility index (Phi) is 2.96. The second-order valence-corrected chi connectivity index (χ2v) is 4.56. The third-order valence-corrected chi connectivity index (χ3v) is 3.36. The molecule has 1 saturated carbocycles. The van der Waals surface area contributed by atoms with E-state index >= 15 is 0 Å². The van der Waals surface area contributed by atoms with E-state index in [-0.39, 0.29) is 23.9 Å². The predicted molar refractivity (Wildman–Crippen MR) is 49.4 cm³/mol. The molecule has 0 aliphatic heterocycles. The average Bonchev–Trinajstić information content (AvgIpc) is 1.99. The van der Waals surface area contributed by atoms with Gasteiger partial charge < -0.3 is 10.2 Å². The van der Waals surface area contributed by atoms with Gasteiger partial charge in [0.15, 0.2) is 0 Å². The topological polar surface area (TPSA) is 57.5 Å². The van der Waals surface area contributed by atoms with Crippen LogP contribution in [0.5, 0.6) is 0 Å². The van der Waals surface area contributed by atoms with Crippen molar-refractivity contribution in [3.63, 3.8) is 0 Å². The van der Waals surface area contributed by atoms with Gasteiger partial charge in [0.1, 0.15) is 0 Å². The van der Waals surface area contributed by atoms with Crippen LogP contribution in [0.1, 0.15) is 39.5 Å². The van der Waals surface area contributed by atoms with E-state index in [0.29, 0.717) is 0 Å². The van der Waals surface area contributed by atoms with Crippen LogP contribution >= 0.6 is 0 Å². The zero-order valence-corrected chi connectivity index (χ0v) is 8.29. The highest BCUT2D eigenvalue weighted by atomic mass is 16.4. The van der Waals surface area contributed by atoms with Crippen LogP contribution in [0.25, 0.3) is 0 Å². The molecule has 0 unspecified atom stereocenters. The summed E-state index contributed by atoms with van der Waals surface area (Å²) in [6.07, 6.45) is 2.53. The number of hydrogen-bond donors (Lipinski definition) is 2. The lowest BCUT2D eigenvalue weighted by Gasteiger charge is -2.42. The molecule has 1 rings (SSSR count). The van der Waals surface area contributed by atoms with E-state index in [0.717, 1.165) is 19.3 Å². The van der Waals surface area contributed by atoms with Crippen LogP contribution in [0.2, 0.25) is 0 Å². The maximum Gasteiger partial charge on any atom is 0.303 e. The lowest BCUT2D eigenvalue weighted by atomic mass is 9.66. The van der Waals surface area contributed by atoms with Crippen molar-refractivity contribution in [3.8, 4) is 0 Å². The minimum atomic E-state index is -0.757. The third kappa shape index (κ3) is 2.21. The van der Waals surface area contributed by atoms with Crippen LogP contribution in [-0.4, -0.2) is 22.3 Å². The molecule has 1 fully saturated rings. The highest BCUT2D eigenvalue weighted by Crippen LogP contribution is 2.42. The molecule has 0 aromatic rings. The Hall–Kier alpha value is -0.570. The summed E-state index contributed by atoms with van der Waals surface area (Å²) in [5.74, 6) is -0.638. The zero-order chi connectivity index (χ0) is 10.1. The molecule has 1 aliphatic carbocycles. The molecule has 0 aromatic carbocycles. The van der Waals surface area contributed by atoms with Crippen molar-refractivity contribution in [2.75, 3.05) is 0 Å². The fourth-order valence-corrected chi connectivity index (χ4v) is 2.15. The average molecular weight is 186 g/mol. The predicted octanol–water partition coefficient (Wildman–Crippen LogP) is 1.65.